The van der Waals surface area contributed by atoms with Crippen molar-refractivity contribution in [3.05, 3.63) is 35.1 Å². The lowest BCUT2D eigenvalue weighted by atomic mass is 10.1. The summed E-state index contributed by atoms with van der Waals surface area (Å²) in [6, 6.07) is 6.34. The molecule has 0 saturated heterocycles. The Bertz CT molecular complexity index is 529. The number of aliphatic imine (C=N–C) groups is 1. The first-order valence-electron chi connectivity index (χ1n) is 6.93. The number of nitriles is 1. The van der Waals surface area contributed by atoms with Crippen LogP contribution in [0.4, 0.5) is 4.39 Å². The fourth-order valence-corrected chi connectivity index (χ4v) is 1.83. The summed E-state index contributed by atoms with van der Waals surface area (Å²) in [7, 11) is 0. The molecular formula is C15H19FN4. The van der Waals surface area contributed by atoms with Crippen molar-refractivity contribution in [3.63, 3.8) is 0 Å². The second-order valence-electron chi connectivity index (χ2n) is 4.94. The summed E-state index contributed by atoms with van der Waals surface area (Å²) in [6.45, 7) is 3.89. The Hall–Kier alpha value is -2.09. The number of rotatable bonds is 5. The fourth-order valence-electron chi connectivity index (χ4n) is 1.83. The van der Waals surface area contributed by atoms with Gasteiger partial charge in [-0.15, -0.1) is 0 Å². The van der Waals surface area contributed by atoms with Crippen LogP contribution >= 0.6 is 0 Å². The van der Waals surface area contributed by atoms with Crippen molar-refractivity contribution in [1.82, 2.24) is 10.6 Å². The number of guanidine groups is 1. The maximum atomic E-state index is 13.6. The zero-order valence-corrected chi connectivity index (χ0v) is 11.6. The predicted octanol–water partition coefficient (Wildman–Crippen LogP) is 2.16. The highest BCUT2D eigenvalue weighted by atomic mass is 19.1. The molecule has 20 heavy (non-hydrogen) atoms. The number of halogens is 1. The number of hydrogen-bond donors (Lipinski definition) is 2. The van der Waals surface area contributed by atoms with Gasteiger partial charge in [-0.2, -0.15) is 5.26 Å². The van der Waals surface area contributed by atoms with Crippen LogP contribution in [0.5, 0.6) is 0 Å². The van der Waals surface area contributed by atoms with E-state index < -0.39 is 0 Å². The molecule has 106 valence electrons. The normalized spacial score (nSPS) is 14.8. The van der Waals surface area contributed by atoms with Crippen molar-refractivity contribution >= 4 is 5.96 Å². The third-order valence-electron chi connectivity index (χ3n) is 3.18. The highest BCUT2D eigenvalue weighted by Crippen LogP contribution is 2.27. The molecule has 0 bridgehead atoms. The van der Waals surface area contributed by atoms with Gasteiger partial charge < -0.3 is 10.6 Å². The summed E-state index contributed by atoms with van der Waals surface area (Å²) >= 11 is 0. The smallest absolute Gasteiger partial charge is 0.191 e. The van der Waals surface area contributed by atoms with Gasteiger partial charge in [-0.25, -0.2) is 9.38 Å². The van der Waals surface area contributed by atoms with Gasteiger partial charge >= 0.3 is 0 Å². The van der Waals surface area contributed by atoms with Crippen molar-refractivity contribution in [1.29, 1.82) is 5.26 Å². The van der Waals surface area contributed by atoms with E-state index in [0.29, 0.717) is 17.1 Å². The summed E-state index contributed by atoms with van der Waals surface area (Å²) < 4.78 is 13.6. The van der Waals surface area contributed by atoms with E-state index >= 15 is 0 Å². The van der Waals surface area contributed by atoms with Gasteiger partial charge in [-0.3, -0.25) is 0 Å². The molecule has 0 amide bonds. The van der Waals surface area contributed by atoms with Gasteiger partial charge in [0.1, 0.15) is 5.82 Å². The molecule has 5 heteroatoms. The maximum Gasteiger partial charge on any atom is 0.191 e. The van der Waals surface area contributed by atoms with E-state index in [2.05, 4.69) is 15.6 Å². The summed E-state index contributed by atoms with van der Waals surface area (Å²) in [5, 5.41) is 15.2. The number of nitrogens with one attached hydrogen (secondary N) is 2. The molecule has 2 rings (SSSR count). The van der Waals surface area contributed by atoms with Crippen LogP contribution in [0.25, 0.3) is 0 Å². The van der Waals surface area contributed by atoms with E-state index in [9.17, 15) is 4.39 Å². The van der Waals surface area contributed by atoms with E-state index in [0.717, 1.165) is 19.0 Å². The van der Waals surface area contributed by atoms with E-state index in [4.69, 9.17) is 5.26 Å². The van der Waals surface area contributed by atoms with E-state index in [1.165, 1.54) is 25.0 Å². The van der Waals surface area contributed by atoms with Gasteiger partial charge in [0.15, 0.2) is 5.96 Å². The minimum Gasteiger partial charge on any atom is -0.357 e. The quantitative estimate of drug-likeness (QED) is 0.639. The molecule has 1 saturated carbocycles. The van der Waals surface area contributed by atoms with Crippen LogP contribution in [0.1, 0.15) is 30.9 Å². The monoisotopic (exact) mass is 274 g/mol. The Morgan fingerprint density at radius 3 is 2.90 bits per heavy atom. The van der Waals surface area contributed by atoms with E-state index in [-0.39, 0.29) is 12.4 Å². The number of hydrogen-bond acceptors (Lipinski definition) is 2. The lowest BCUT2D eigenvalue weighted by Gasteiger charge is -2.11. The second kappa shape index (κ2) is 6.90. The van der Waals surface area contributed by atoms with Crippen molar-refractivity contribution in [3.8, 4) is 6.07 Å². The molecule has 0 radical (unpaired) electrons. The highest BCUT2D eigenvalue weighted by Gasteiger charge is 2.21. The minimum atomic E-state index is -0.328. The Morgan fingerprint density at radius 2 is 2.25 bits per heavy atom. The zero-order chi connectivity index (χ0) is 14.4. The highest BCUT2D eigenvalue weighted by molar-refractivity contribution is 5.79. The van der Waals surface area contributed by atoms with Gasteiger partial charge in [0.05, 0.1) is 18.2 Å². The largest absolute Gasteiger partial charge is 0.357 e. The van der Waals surface area contributed by atoms with Crippen molar-refractivity contribution in [2.75, 3.05) is 13.1 Å². The summed E-state index contributed by atoms with van der Waals surface area (Å²) in [5.41, 5.74) is 0.889. The molecular weight excluding hydrogens is 255 g/mol. The molecule has 2 N–H and O–H groups in total. The van der Waals surface area contributed by atoms with Gasteiger partial charge in [-0.05, 0) is 43.9 Å². The summed E-state index contributed by atoms with van der Waals surface area (Å²) in [5.74, 6) is 1.12. The topological polar surface area (TPSA) is 60.2 Å². The minimum absolute atomic E-state index is 0.224. The third kappa shape index (κ3) is 4.23. The molecule has 1 aliphatic rings. The fraction of sp³-hybridized carbons (Fsp3) is 0.467. The molecule has 0 spiro atoms. The van der Waals surface area contributed by atoms with Crippen LogP contribution < -0.4 is 10.6 Å². The van der Waals surface area contributed by atoms with Gasteiger partial charge in [0.2, 0.25) is 0 Å². The molecule has 0 aliphatic heterocycles. The van der Waals surface area contributed by atoms with Crippen LogP contribution in [0.2, 0.25) is 0 Å². The third-order valence-corrected chi connectivity index (χ3v) is 3.18. The molecule has 0 unspecified atom stereocenters. The lowest BCUT2D eigenvalue weighted by molar-refractivity contribution is 0.610. The molecule has 1 aromatic carbocycles. The summed E-state index contributed by atoms with van der Waals surface area (Å²) in [4.78, 5) is 4.36. The standard InChI is InChI=1S/C15H19FN4/c1-2-18-15(19-9-11-3-4-11)20-10-13-7-12(8-17)5-6-14(13)16/h5-7,11H,2-4,9-10H2,1H3,(H2,18,19,20). The van der Waals surface area contributed by atoms with Crippen molar-refractivity contribution in [2.45, 2.75) is 26.3 Å². The van der Waals surface area contributed by atoms with Crippen LogP contribution in [0, 0.1) is 23.1 Å². The molecule has 1 aromatic rings. The van der Waals surface area contributed by atoms with Crippen LogP contribution in [0.15, 0.2) is 23.2 Å². The second-order valence-corrected chi connectivity index (χ2v) is 4.94. The average Bonchev–Trinajstić information content (AvgIpc) is 3.27. The predicted molar refractivity (Wildman–Crippen MR) is 76.7 cm³/mol. The molecule has 0 aromatic heterocycles. The Balaban J connectivity index is 2.01. The molecule has 1 fully saturated rings. The van der Waals surface area contributed by atoms with Crippen LogP contribution in [-0.2, 0) is 6.54 Å². The van der Waals surface area contributed by atoms with Crippen molar-refractivity contribution < 1.29 is 4.39 Å². The SMILES string of the molecule is CCNC(=NCc1cc(C#N)ccc1F)NCC1CC1. The zero-order valence-electron chi connectivity index (χ0n) is 11.6. The molecule has 0 atom stereocenters. The molecule has 1 aliphatic carbocycles. The Morgan fingerprint density at radius 1 is 1.45 bits per heavy atom. The maximum absolute atomic E-state index is 13.6. The average molecular weight is 274 g/mol. The lowest BCUT2D eigenvalue weighted by Crippen LogP contribution is -2.38. The molecule has 4 nitrogen and oxygen atoms in total. The Labute approximate surface area is 118 Å². The number of nitrogens with zero attached hydrogens (tertiary/aromatic N) is 2. The van der Waals surface area contributed by atoms with E-state index in [1.54, 1.807) is 6.07 Å². The first kappa shape index (κ1) is 14.3. The van der Waals surface area contributed by atoms with Gasteiger partial charge in [0, 0.05) is 18.7 Å². The van der Waals surface area contributed by atoms with Gasteiger partial charge in [0.25, 0.3) is 0 Å². The van der Waals surface area contributed by atoms with E-state index in [1.807, 2.05) is 13.0 Å². The first-order chi connectivity index (χ1) is 9.72. The van der Waals surface area contributed by atoms with Crippen LogP contribution in [-0.4, -0.2) is 19.0 Å². The van der Waals surface area contributed by atoms with Gasteiger partial charge in [-0.1, -0.05) is 0 Å². The van der Waals surface area contributed by atoms with Crippen LogP contribution in [0.3, 0.4) is 0 Å². The molecule has 0 heterocycles. The summed E-state index contributed by atoms with van der Waals surface area (Å²) in [6.07, 6.45) is 2.54. The first-order valence-corrected chi connectivity index (χ1v) is 6.93. The van der Waals surface area contributed by atoms with Crippen molar-refractivity contribution in [2.24, 2.45) is 10.9 Å². The Kier molecular flexibility index (Phi) is 4.94. The number of benzene rings is 1.